The number of alkyl halides is 3. The Hall–Kier alpha value is -1.21. The summed E-state index contributed by atoms with van der Waals surface area (Å²) in [6, 6.07) is 5.02. The van der Waals surface area contributed by atoms with E-state index in [2.05, 4.69) is 0 Å². The Morgan fingerprint density at radius 2 is 1.75 bits per heavy atom. The van der Waals surface area contributed by atoms with Crippen LogP contribution in [0, 0.1) is 0 Å². The van der Waals surface area contributed by atoms with Crippen LogP contribution in [-0.2, 0) is 6.18 Å². The molecule has 1 fully saturated rings. The predicted molar refractivity (Wildman–Crippen MR) is 81.0 cm³/mol. The minimum atomic E-state index is -4.39. The number of rotatable bonds is 1. The van der Waals surface area contributed by atoms with E-state index in [9.17, 15) is 13.2 Å². The van der Waals surface area contributed by atoms with Crippen molar-refractivity contribution in [2.75, 3.05) is 11.9 Å². The van der Waals surface area contributed by atoms with Crippen molar-refractivity contribution in [1.82, 2.24) is 4.90 Å². The number of hydrogen-bond donors (Lipinski definition) is 0. The average Bonchev–Trinajstić information content (AvgIpc) is 2.50. The second kappa shape index (κ2) is 4.66. The van der Waals surface area contributed by atoms with Crippen LogP contribution in [0.1, 0.15) is 19.4 Å². The first-order chi connectivity index (χ1) is 9.06. The van der Waals surface area contributed by atoms with E-state index in [0.717, 1.165) is 12.1 Å². The molecule has 1 heterocycles. The molecule has 1 aromatic carbocycles. The van der Waals surface area contributed by atoms with Crippen LogP contribution >= 0.6 is 24.4 Å². The second-order valence-corrected chi connectivity index (χ2v) is 5.84. The summed E-state index contributed by atoms with van der Waals surface area (Å²) in [6.07, 6.45) is -4.39. The van der Waals surface area contributed by atoms with Crippen LogP contribution < -0.4 is 4.90 Å². The van der Waals surface area contributed by atoms with Crippen molar-refractivity contribution < 1.29 is 13.2 Å². The summed E-state index contributed by atoms with van der Waals surface area (Å²) in [6.45, 7) is 3.77. The lowest BCUT2D eigenvalue weighted by atomic mass is 10.1. The molecule has 20 heavy (non-hydrogen) atoms. The quantitative estimate of drug-likeness (QED) is 0.725. The smallest absolute Gasteiger partial charge is 0.340 e. The largest absolute Gasteiger partial charge is 0.416 e. The Bertz CT molecular complexity index is 581. The van der Waals surface area contributed by atoms with E-state index < -0.39 is 17.3 Å². The molecule has 0 saturated carbocycles. The van der Waals surface area contributed by atoms with E-state index in [1.165, 1.54) is 11.0 Å². The van der Waals surface area contributed by atoms with Crippen molar-refractivity contribution in [1.29, 1.82) is 0 Å². The minimum absolute atomic E-state index is 0.340. The van der Waals surface area contributed by atoms with Crippen molar-refractivity contribution >= 4 is 40.2 Å². The van der Waals surface area contributed by atoms with E-state index in [0.29, 0.717) is 15.8 Å². The van der Waals surface area contributed by atoms with Crippen LogP contribution in [-0.4, -0.2) is 27.6 Å². The van der Waals surface area contributed by atoms with Crippen LogP contribution in [0.25, 0.3) is 0 Å². The zero-order valence-electron chi connectivity index (χ0n) is 11.2. The standard InChI is InChI=1S/C13H13F3N2S2/c1-12(2)10(19)18(11(20)17(12)3)9-6-4-5-8(7-9)13(14,15)16/h4-7H,1-3H3. The molecule has 0 amide bonds. The van der Waals surface area contributed by atoms with Gasteiger partial charge in [-0.2, -0.15) is 13.2 Å². The third-order valence-electron chi connectivity index (χ3n) is 3.47. The first-order valence-electron chi connectivity index (χ1n) is 5.86. The lowest BCUT2D eigenvalue weighted by molar-refractivity contribution is -0.137. The molecule has 0 aromatic heterocycles. The highest BCUT2D eigenvalue weighted by Gasteiger charge is 2.44. The fraction of sp³-hybridized carbons (Fsp3) is 0.385. The first-order valence-corrected chi connectivity index (χ1v) is 6.68. The molecule has 0 unspecified atom stereocenters. The van der Waals surface area contributed by atoms with Crippen molar-refractivity contribution in [3.05, 3.63) is 29.8 Å². The summed E-state index contributed by atoms with van der Waals surface area (Å²) in [5, 5.41) is 0.402. The molecule has 2 rings (SSSR count). The van der Waals surface area contributed by atoms with E-state index in [1.807, 2.05) is 13.8 Å². The van der Waals surface area contributed by atoms with E-state index in [-0.39, 0.29) is 0 Å². The molecule has 0 radical (unpaired) electrons. The van der Waals surface area contributed by atoms with Crippen LogP contribution in [0.5, 0.6) is 0 Å². The monoisotopic (exact) mass is 318 g/mol. The molecule has 2 nitrogen and oxygen atoms in total. The molecule has 1 aliphatic heterocycles. The number of benzene rings is 1. The summed E-state index contributed by atoms with van der Waals surface area (Å²) >= 11 is 10.7. The highest BCUT2D eigenvalue weighted by Crippen LogP contribution is 2.35. The third kappa shape index (κ3) is 2.29. The molecule has 0 N–H and O–H groups in total. The molecule has 1 saturated heterocycles. The maximum Gasteiger partial charge on any atom is 0.416 e. The Balaban J connectivity index is 2.48. The van der Waals surface area contributed by atoms with Gasteiger partial charge in [-0.15, -0.1) is 0 Å². The summed E-state index contributed by atoms with van der Waals surface area (Å²) in [5.74, 6) is 0. The molecule has 0 spiro atoms. The molecular weight excluding hydrogens is 305 g/mol. The number of likely N-dealkylation sites (N-methyl/N-ethyl adjacent to an activating group) is 1. The van der Waals surface area contributed by atoms with Gasteiger partial charge in [0.2, 0.25) is 0 Å². The molecule has 0 atom stereocenters. The maximum atomic E-state index is 12.8. The minimum Gasteiger partial charge on any atom is -0.340 e. The average molecular weight is 318 g/mol. The van der Waals surface area contributed by atoms with Crippen LogP contribution in [0.2, 0.25) is 0 Å². The van der Waals surface area contributed by atoms with E-state index in [4.69, 9.17) is 24.4 Å². The maximum absolute atomic E-state index is 12.8. The zero-order chi connectivity index (χ0) is 15.3. The molecule has 1 aliphatic rings. The van der Waals surface area contributed by atoms with Gasteiger partial charge in [-0.3, -0.25) is 4.90 Å². The Labute approximate surface area is 126 Å². The van der Waals surface area contributed by atoms with Gasteiger partial charge in [-0.05, 0) is 44.3 Å². The van der Waals surface area contributed by atoms with Gasteiger partial charge in [-0.25, -0.2) is 0 Å². The van der Waals surface area contributed by atoms with Crippen LogP contribution in [0.4, 0.5) is 18.9 Å². The zero-order valence-corrected chi connectivity index (χ0v) is 12.8. The van der Waals surface area contributed by atoms with Gasteiger partial charge in [-0.1, -0.05) is 18.3 Å². The predicted octanol–water partition coefficient (Wildman–Crippen LogP) is 3.85. The fourth-order valence-corrected chi connectivity index (χ4v) is 2.75. The summed E-state index contributed by atoms with van der Waals surface area (Å²) in [7, 11) is 1.78. The van der Waals surface area contributed by atoms with Gasteiger partial charge < -0.3 is 4.90 Å². The highest BCUT2D eigenvalue weighted by molar-refractivity contribution is 7.83. The van der Waals surface area contributed by atoms with Gasteiger partial charge >= 0.3 is 6.18 Å². The molecule has 0 bridgehead atoms. The topological polar surface area (TPSA) is 6.48 Å². The van der Waals surface area contributed by atoms with Crippen LogP contribution in [0.15, 0.2) is 24.3 Å². The molecule has 1 aromatic rings. The van der Waals surface area contributed by atoms with Gasteiger partial charge in [0.25, 0.3) is 0 Å². The summed E-state index contributed by atoms with van der Waals surface area (Å²) < 4.78 is 38.3. The third-order valence-corrected chi connectivity index (χ3v) is 4.61. The van der Waals surface area contributed by atoms with Gasteiger partial charge in [0.05, 0.1) is 11.1 Å². The highest BCUT2D eigenvalue weighted by atomic mass is 32.1. The molecule has 0 aliphatic carbocycles. The van der Waals surface area contributed by atoms with E-state index >= 15 is 0 Å². The summed E-state index contributed by atoms with van der Waals surface area (Å²) in [5.41, 5.74) is -0.874. The number of thiocarbonyl (C=S) groups is 2. The van der Waals surface area contributed by atoms with Gasteiger partial charge in [0.1, 0.15) is 4.99 Å². The Kier molecular flexibility index (Phi) is 3.54. The Morgan fingerprint density at radius 3 is 2.20 bits per heavy atom. The lowest BCUT2D eigenvalue weighted by Crippen LogP contribution is -2.40. The fourth-order valence-electron chi connectivity index (χ4n) is 1.94. The number of hydrogen-bond acceptors (Lipinski definition) is 2. The Morgan fingerprint density at radius 1 is 1.15 bits per heavy atom. The van der Waals surface area contributed by atoms with Gasteiger partial charge in [0, 0.05) is 12.7 Å². The first kappa shape index (κ1) is 15.2. The second-order valence-electron chi connectivity index (χ2n) is 5.09. The molecule has 108 valence electrons. The lowest BCUT2D eigenvalue weighted by Gasteiger charge is -2.26. The van der Waals surface area contributed by atoms with Crippen LogP contribution in [0.3, 0.4) is 0 Å². The van der Waals surface area contributed by atoms with Crippen molar-refractivity contribution in [2.24, 2.45) is 0 Å². The molecular formula is C13H13F3N2S2. The number of anilines is 1. The van der Waals surface area contributed by atoms with Crippen molar-refractivity contribution in [3.8, 4) is 0 Å². The van der Waals surface area contributed by atoms with Gasteiger partial charge in [0.15, 0.2) is 5.11 Å². The number of halogens is 3. The molecule has 7 heteroatoms. The summed E-state index contributed by atoms with van der Waals surface area (Å²) in [4.78, 5) is 3.79. The van der Waals surface area contributed by atoms with Crippen molar-refractivity contribution in [3.63, 3.8) is 0 Å². The van der Waals surface area contributed by atoms with E-state index in [1.54, 1.807) is 18.0 Å². The van der Waals surface area contributed by atoms with Crippen molar-refractivity contribution in [2.45, 2.75) is 25.6 Å². The SMILES string of the molecule is CN1C(=S)N(c2cccc(C(F)(F)F)c2)C(=S)C1(C)C. The normalized spacial score (nSPS) is 18.9. The number of nitrogens with zero attached hydrogens (tertiary/aromatic N) is 2.